The van der Waals surface area contributed by atoms with Crippen LogP contribution in [0.5, 0.6) is 5.75 Å². The van der Waals surface area contributed by atoms with Crippen LogP contribution >= 0.6 is 0 Å². The molecule has 2 aromatic carbocycles. The van der Waals surface area contributed by atoms with Gasteiger partial charge >= 0.3 is 24.3 Å². The number of aliphatic hydroxyl groups is 7. The molecule has 2 aliphatic rings. The number of alkyl halides is 6. The Labute approximate surface area is 387 Å². The standard InChI is InChI=1S/C25H33F3O5.C23H29F3O6.CH4O/c1-33-24(32)10-5-3-2-4-9-20-21(23(31)16-22(20)30)14-13-19(29)12-11-17-7-6-8-18(15-17)25(26,27)28;24-23(25,26)15-6-5-7-17(12-15)32-14-16(27)10-11-19-18(20(28)13-21(19)29)8-3-1-2-4-9-22(30)31;1-2/h2,4,6-8,13-15,19-23,29-31H,3,5,9-12,16H2,1H3;1,3,5-7,10-12,16,18-21,27-29H,2,4,8-9,13-14H2,(H,30,31);2H,1H3/b4-2-,14-13+;3-1-,11-10+;/t19-,20+,21+,22-,23+;16-,18-,19-,20+,21-;/m01./s1. The molecule has 18 heteroatoms. The summed E-state index contributed by atoms with van der Waals surface area (Å²) in [7, 11) is 2.35. The van der Waals surface area contributed by atoms with Gasteiger partial charge in [0.15, 0.2) is 0 Å². The van der Waals surface area contributed by atoms with Crippen molar-refractivity contribution in [3.8, 4) is 5.75 Å². The van der Waals surface area contributed by atoms with Crippen molar-refractivity contribution in [1.29, 1.82) is 0 Å². The molecule has 2 aromatic rings. The first-order valence-corrected chi connectivity index (χ1v) is 22.1. The quantitative estimate of drug-likeness (QED) is 0.0252. The average Bonchev–Trinajstić information content (AvgIpc) is 3.72. The molecule has 12 nitrogen and oxygen atoms in total. The van der Waals surface area contributed by atoms with E-state index in [-0.39, 0.29) is 68.2 Å². The number of unbranched alkanes of at least 4 members (excludes halogenated alkanes) is 2. The van der Waals surface area contributed by atoms with Crippen LogP contribution < -0.4 is 4.74 Å². The van der Waals surface area contributed by atoms with Crippen LogP contribution in [0.25, 0.3) is 0 Å². The number of hydrogen-bond acceptors (Lipinski definition) is 11. The molecular weight excluding hydrogens is 895 g/mol. The summed E-state index contributed by atoms with van der Waals surface area (Å²) in [5, 5.41) is 77.1. The monoisotopic (exact) mass is 960 g/mol. The van der Waals surface area contributed by atoms with E-state index in [1.807, 2.05) is 24.3 Å². The lowest BCUT2D eigenvalue weighted by Crippen LogP contribution is -2.21. The summed E-state index contributed by atoms with van der Waals surface area (Å²) >= 11 is 0. The summed E-state index contributed by atoms with van der Waals surface area (Å²) in [6, 6.07) is 9.41. The highest BCUT2D eigenvalue weighted by atomic mass is 19.4. The maximum atomic E-state index is 12.8. The van der Waals surface area contributed by atoms with E-state index in [1.165, 1.54) is 31.4 Å². The van der Waals surface area contributed by atoms with Crippen molar-refractivity contribution in [2.75, 3.05) is 20.8 Å². The van der Waals surface area contributed by atoms with E-state index >= 15 is 0 Å². The SMILES string of the molecule is CO.COC(=O)CCC/C=C\C[C@@H]1[C@@H](/C=C/[C@@H](O)CCc2cccc(C(F)(F)F)c2)[C@H](O)C[C@@H]1O.O=C(O)CCC/C=C\C[C@@H]1[C@@H](/C=C/[C@@H](O)COc2cccc(C(F)(F)F)c2)[C@H](O)C[C@@H]1O. The molecule has 0 saturated heterocycles. The summed E-state index contributed by atoms with van der Waals surface area (Å²) < 4.78 is 86.6. The Morgan fingerprint density at radius 1 is 0.701 bits per heavy atom. The topological polar surface area (TPSA) is 214 Å². The van der Waals surface area contributed by atoms with Gasteiger partial charge in [-0.2, -0.15) is 26.3 Å². The molecule has 0 spiro atoms. The Bertz CT molecular complexity index is 1870. The number of aliphatic carboxylic acids is 1. The Balaban J connectivity index is 0.000000444. The lowest BCUT2D eigenvalue weighted by Gasteiger charge is -2.19. The minimum absolute atomic E-state index is 0.0190. The lowest BCUT2D eigenvalue weighted by atomic mass is 9.89. The summed E-state index contributed by atoms with van der Waals surface area (Å²) in [4.78, 5) is 21.6. The zero-order valence-electron chi connectivity index (χ0n) is 37.7. The van der Waals surface area contributed by atoms with Crippen molar-refractivity contribution in [3.63, 3.8) is 0 Å². The van der Waals surface area contributed by atoms with Crippen molar-refractivity contribution in [2.45, 2.75) is 126 Å². The highest BCUT2D eigenvalue weighted by Crippen LogP contribution is 2.38. The number of aryl methyl sites for hydroxylation is 1. The van der Waals surface area contributed by atoms with E-state index in [1.54, 1.807) is 24.3 Å². The largest absolute Gasteiger partial charge is 0.491 e. The van der Waals surface area contributed by atoms with Gasteiger partial charge < -0.3 is 50.3 Å². The Kier molecular flexibility index (Phi) is 26.3. The number of ether oxygens (including phenoxy) is 2. The van der Waals surface area contributed by atoms with Crippen molar-refractivity contribution in [3.05, 3.63) is 114 Å². The maximum absolute atomic E-state index is 12.8. The molecule has 0 aromatic heterocycles. The maximum Gasteiger partial charge on any atom is 0.416 e. The second-order valence-corrected chi connectivity index (χ2v) is 16.4. The molecular formula is C49H66F6O12. The molecule has 2 saturated carbocycles. The van der Waals surface area contributed by atoms with Crippen LogP contribution in [0.2, 0.25) is 0 Å². The fourth-order valence-electron chi connectivity index (χ4n) is 7.82. The molecule has 0 aliphatic heterocycles. The van der Waals surface area contributed by atoms with Gasteiger partial charge in [0.05, 0.1) is 48.8 Å². The first-order chi connectivity index (χ1) is 31.7. The van der Waals surface area contributed by atoms with Crippen LogP contribution in [0.3, 0.4) is 0 Å². The number of carbonyl (C=O) groups excluding carboxylic acids is 1. The highest BCUT2D eigenvalue weighted by molar-refractivity contribution is 5.69. The number of esters is 1. The third kappa shape index (κ3) is 22.0. The number of carboxylic acids is 1. The van der Waals surface area contributed by atoms with E-state index in [0.29, 0.717) is 50.5 Å². The van der Waals surface area contributed by atoms with Crippen molar-refractivity contribution < 1.29 is 86.3 Å². The van der Waals surface area contributed by atoms with Crippen LogP contribution in [-0.2, 0) is 33.1 Å². The van der Waals surface area contributed by atoms with Crippen LogP contribution in [0.15, 0.2) is 97.1 Å². The minimum atomic E-state index is -4.49. The van der Waals surface area contributed by atoms with Crippen molar-refractivity contribution in [2.24, 2.45) is 23.7 Å². The van der Waals surface area contributed by atoms with Gasteiger partial charge in [-0.25, -0.2) is 0 Å². The normalized spacial score (nSPS) is 24.1. The zero-order chi connectivity index (χ0) is 50.2. The van der Waals surface area contributed by atoms with Gasteiger partial charge in [0.1, 0.15) is 18.5 Å². The lowest BCUT2D eigenvalue weighted by molar-refractivity contribution is -0.141. The summed E-state index contributed by atoms with van der Waals surface area (Å²) in [5.74, 6) is -2.34. The summed E-state index contributed by atoms with van der Waals surface area (Å²) in [6.07, 6.45) is 4.94. The molecule has 4 rings (SSSR count). The molecule has 0 bridgehead atoms. The second-order valence-electron chi connectivity index (χ2n) is 16.4. The third-order valence-corrected chi connectivity index (χ3v) is 11.4. The Hall–Kier alpha value is -4.56. The van der Waals surface area contributed by atoms with Gasteiger partial charge in [0, 0.05) is 44.6 Å². The Morgan fingerprint density at radius 2 is 1.19 bits per heavy atom. The van der Waals surface area contributed by atoms with Crippen LogP contribution in [0, 0.1) is 23.7 Å². The first kappa shape index (κ1) is 58.6. The van der Waals surface area contributed by atoms with E-state index in [4.69, 9.17) is 14.9 Å². The van der Waals surface area contributed by atoms with Crippen molar-refractivity contribution >= 4 is 11.9 Å². The average molecular weight is 961 g/mol. The molecule has 8 N–H and O–H groups in total. The van der Waals surface area contributed by atoms with Crippen LogP contribution in [0.1, 0.15) is 87.3 Å². The van der Waals surface area contributed by atoms with Gasteiger partial charge in [0.25, 0.3) is 0 Å². The summed E-state index contributed by atoms with van der Waals surface area (Å²) in [6.45, 7) is -0.267. The number of hydrogen-bond donors (Lipinski definition) is 8. The van der Waals surface area contributed by atoms with Crippen LogP contribution in [-0.4, -0.2) is 110 Å². The number of methoxy groups -OCH3 is 1. The number of rotatable bonds is 22. The van der Waals surface area contributed by atoms with Gasteiger partial charge in [-0.1, -0.05) is 72.9 Å². The fourth-order valence-corrected chi connectivity index (χ4v) is 7.82. The van der Waals surface area contributed by atoms with Crippen molar-refractivity contribution in [1.82, 2.24) is 0 Å². The molecule has 2 aliphatic carbocycles. The van der Waals surface area contributed by atoms with E-state index in [9.17, 15) is 66.6 Å². The van der Waals surface area contributed by atoms with Gasteiger partial charge in [-0.3, -0.25) is 9.59 Å². The molecule has 0 heterocycles. The first-order valence-electron chi connectivity index (χ1n) is 22.1. The fraction of sp³-hybridized carbons (Fsp3) is 0.551. The van der Waals surface area contributed by atoms with Gasteiger partial charge in [-0.05, 0) is 93.0 Å². The molecule has 376 valence electrons. The zero-order valence-corrected chi connectivity index (χ0v) is 37.7. The molecule has 2 fully saturated rings. The molecule has 67 heavy (non-hydrogen) atoms. The number of benzene rings is 2. The van der Waals surface area contributed by atoms with Gasteiger partial charge in [-0.15, -0.1) is 0 Å². The highest BCUT2D eigenvalue weighted by Gasteiger charge is 2.40. The third-order valence-electron chi connectivity index (χ3n) is 11.4. The predicted octanol–water partition coefficient (Wildman–Crippen LogP) is 7.37. The van der Waals surface area contributed by atoms with E-state index in [2.05, 4.69) is 4.74 Å². The molecule has 10 atom stereocenters. The molecule has 0 amide bonds. The van der Waals surface area contributed by atoms with E-state index in [0.717, 1.165) is 31.4 Å². The Morgan fingerprint density at radius 3 is 1.70 bits per heavy atom. The molecule has 0 unspecified atom stereocenters. The number of halogens is 6. The second kappa shape index (κ2) is 30.0. The molecule has 0 radical (unpaired) electrons. The predicted molar refractivity (Wildman–Crippen MR) is 237 cm³/mol. The van der Waals surface area contributed by atoms with E-state index < -0.39 is 72.0 Å². The number of aliphatic hydroxyl groups excluding tert-OH is 7. The summed E-state index contributed by atoms with van der Waals surface area (Å²) in [5.41, 5.74) is -1.07. The minimum Gasteiger partial charge on any atom is -0.491 e. The number of carboxylic acid groups (broad SMARTS) is 1. The van der Waals surface area contributed by atoms with Crippen LogP contribution in [0.4, 0.5) is 26.3 Å². The number of allylic oxidation sites excluding steroid dienone is 4. The number of carbonyl (C=O) groups is 2. The van der Waals surface area contributed by atoms with Gasteiger partial charge in [0.2, 0.25) is 0 Å². The smallest absolute Gasteiger partial charge is 0.416 e.